The molecule has 3 heteroatoms. The van der Waals surface area contributed by atoms with Gasteiger partial charge in [0.25, 0.3) is 0 Å². The van der Waals surface area contributed by atoms with Gasteiger partial charge in [0.2, 0.25) is 5.95 Å². The number of aromatic nitrogens is 2. The normalized spacial score (nSPS) is 23.6. The maximum Gasteiger partial charge on any atom is 0.203 e. The lowest BCUT2D eigenvalue weighted by Crippen LogP contribution is -2.42. The van der Waals surface area contributed by atoms with E-state index in [-0.39, 0.29) is 0 Å². The third-order valence-corrected chi connectivity index (χ3v) is 4.44. The molecule has 2 saturated carbocycles. The molecule has 2 aliphatic carbocycles. The highest BCUT2D eigenvalue weighted by Gasteiger charge is 2.33. The van der Waals surface area contributed by atoms with Crippen LogP contribution in [-0.2, 0) is 0 Å². The average molecular weight is 233 g/mol. The molecule has 0 unspecified atom stereocenters. The number of hydrogen-bond donors (Lipinski definition) is 1. The standard InChI is InChI=1S/C14H23N3/c1-11-10-17(12-6-3-4-7-12)13(15-11)16-14(2)8-5-9-14/h10,12H,3-9H2,1-2H3,(H,15,16). The molecule has 0 spiro atoms. The Morgan fingerprint density at radius 3 is 2.59 bits per heavy atom. The Labute approximate surface area is 104 Å². The van der Waals surface area contributed by atoms with Crippen molar-refractivity contribution >= 4 is 5.95 Å². The zero-order chi connectivity index (χ0) is 11.9. The number of imidazole rings is 1. The number of aryl methyl sites for hydroxylation is 1. The lowest BCUT2D eigenvalue weighted by Gasteiger charge is -2.39. The number of anilines is 1. The summed E-state index contributed by atoms with van der Waals surface area (Å²) in [6.07, 6.45) is 11.5. The van der Waals surface area contributed by atoms with Crippen molar-refractivity contribution in [1.29, 1.82) is 0 Å². The van der Waals surface area contributed by atoms with Gasteiger partial charge >= 0.3 is 0 Å². The first-order chi connectivity index (χ1) is 8.16. The summed E-state index contributed by atoms with van der Waals surface area (Å²) in [7, 11) is 0. The minimum atomic E-state index is 0.300. The summed E-state index contributed by atoms with van der Waals surface area (Å²) in [5.74, 6) is 1.11. The van der Waals surface area contributed by atoms with Gasteiger partial charge in [-0.1, -0.05) is 12.8 Å². The summed E-state index contributed by atoms with van der Waals surface area (Å²) in [6.45, 7) is 4.42. The summed E-state index contributed by atoms with van der Waals surface area (Å²) in [5.41, 5.74) is 1.44. The Hall–Kier alpha value is -0.990. The van der Waals surface area contributed by atoms with Crippen molar-refractivity contribution < 1.29 is 0 Å². The van der Waals surface area contributed by atoms with Crippen LogP contribution in [0, 0.1) is 6.92 Å². The first kappa shape index (κ1) is 11.1. The second-order valence-corrected chi connectivity index (χ2v) is 6.09. The Morgan fingerprint density at radius 2 is 2.00 bits per heavy atom. The molecule has 0 radical (unpaired) electrons. The van der Waals surface area contributed by atoms with E-state index in [1.54, 1.807) is 0 Å². The van der Waals surface area contributed by atoms with Crippen molar-refractivity contribution in [3.63, 3.8) is 0 Å². The maximum atomic E-state index is 4.67. The molecule has 17 heavy (non-hydrogen) atoms. The van der Waals surface area contributed by atoms with Crippen LogP contribution in [0.4, 0.5) is 5.95 Å². The SMILES string of the molecule is Cc1cn(C2CCCC2)c(NC2(C)CCC2)n1. The van der Waals surface area contributed by atoms with Crippen LogP contribution in [0.2, 0.25) is 0 Å². The fourth-order valence-electron chi connectivity index (χ4n) is 3.17. The lowest BCUT2D eigenvalue weighted by atomic mass is 9.79. The molecule has 2 aliphatic rings. The van der Waals surface area contributed by atoms with E-state index in [0.29, 0.717) is 11.6 Å². The predicted molar refractivity (Wildman–Crippen MR) is 70.3 cm³/mol. The molecule has 1 heterocycles. The molecule has 0 amide bonds. The molecular weight excluding hydrogens is 210 g/mol. The molecule has 0 aliphatic heterocycles. The predicted octanol–water partition coefficient (Wildman–Crippen LogP) is 3.66. The van der Waals surface area contributed by atoms with Crippen molar-refractivity contribution in [2.24, 2.45) is 0 Å². The van der Waals surface area contributed by atoms with Gasteiger partial charge in [-0.3, -0.25) is 0 Å². The molecule has 0 aromatic carbocycles. The molecule has 0 atom stereocenters. The van der Waals surface area contributed by atoms with Crippen LogP contribution in [0.1, 0.15) is 63.6 Å². The zero-order valence-electron chi connectivity index (χ0n) is 11.0. The van der Waals surface area contributed by atoms with Crippen molar-refractivity contribution in [1.82, 2.24) is 9.55 Å². The largest absolute Gasteiger partial charge is 0.350 e. The van der Waals surface area contributed by atoms with E-state index < -0.39 is 0 Å². The summed E-state index contributed by atoms with van der Waals surface area (Å²) >= 11 is 0. The number of hydrogen-bond acceptors (Lipinski definition) is 2. The molecule has 94 valence electrons. The van der Waals surface area contributed by atoms with E-state index in [4.69, 9.17) is 0 Å². The molecule has 3 rings (SSSR count). The fraction of sp³-hybridized carbons (Fsp3) is 0.786. The Kier molecular flexibility index (Phi) is 2.64. The molecule has 1 aromatic rings. The van der Waals surface area contributed by atoms with Gasteiger partial charge < -0.3 is 9.88 Å². The molecule has 0 saturated heterocycles. The second-order valence-electron chi connectivity index (χ2n) is 6.09. The van der Waals surface area contributed by atoms with Crippen LogP contribution in [0.3, 0.4) is 0 Å². The van der Waals surface area contributed by atoms with E-state index in [1.807, 2.05) is 0 Å². The maximum absolute atomic E-state index is 4.67. The summed E-state index contributed by atoms with van der Waals surface area (Å²) < 4.78 is 2.39. The van der Waals surface area contributed by atoms with Gasteiger partial charge in [0.05, 0.1) is 5.69 Å². The second kappa shape index (κ2) is 4.04. The highest BCUT2D eigenvalue weighted by atomic mass is 15.2. The first-order valence-electron chi connectivity index (χ1n) is 7.00. The quantitative estimate of drug-likeness (QED) is 0.863. The Bertz CT molecular complexity index is 398. The summed E-state index contributed by atoms with van der Waals surface area (Å²) in [6, 6.07) is 0.683. The highest BCUT2D eigenvalue weighted by Crippen LogP contribution is 2.37. The Balaban J connectivity index is 1.82. The third kappa shape index (κ3) is 2.07. The van der Waals surface area contributed by atoms with Crippen molar-refractivity contribution in [2.75, 3.05) is 5.32 Å². The zero-order valence-corrected chi connectivity index (χ0v) is 11.0. The van der Waals surface area contributed by atoms with Gasteiger partial charge in [-0.15, -0.1) is 0 Å². The molecule has 1 N–H and O–H groups in total. The van der Waals surface area contributed by atoms with Crippen LogP contribution in [0.15, 0.2) is 6.20 Å². The Morgan fingerprint density at radius 1 is 1.29 bits per heavy atom. The van der Waals surface area contributed by atoms with Crippen LogP contribution in [0.5, 0.6) is 0 Å². The number of nitrogens with zero attached hydrogens (tertiary/aromatic N) is 2. The molecule has 3 nitrogen and oxygen atoms in total. The fourth-order valence-corrected chi connectivity index (χ4v) is 3.17. The smallest absolute Gasteiger partial charge is 0.203 e. The van der Waals surface area contributed by atoms with Gasteiger partial charge in [-0.2, -0.15) is 0 Å². The van der Waals surface area contributed by atoms with Crippen molar-refractivity contribution in [3.05, 3.63) is 11.9 Å². The molecule has 2 fully saturated rings. The summed E-state index contributed by atoms with van der Waals surface area (Å²) in [4.78, 5) is 4.67. The van der Waals surface area contributed by atoms with Gasteiger partial charge in [0.1, 0.15) is 0 Å². The van der Waals surface area contributed by atoms with E-state index in [0.717, 1.165) is 11.6 Å². The van der Waals surface area contributed by atoms with Gasteiger partial charge in [-0.25, -0.2) is 4.98 Å². The lowest BCUT2D eigenvalue weighted by molar-refractivity contribution is 0.302. The van der Waals surface area contributed by atoms with E-state index in [9.17, 15) is 0 Å². The molecular formula is C14H23N3. The van der Waals surface area contributed by atoms with Crippen LogP contribution in [0.25, 0.3) is 0 Å². The molecule has 0 bridgehead atoms. The van der Waals surface area contributed by atoms with Gasteiger partial charge in [0.15, 0.2) is 0 Å². The minimum absolute atomic E-state index is 0.300. The van der Waals surface area contributed by atoms with Crippen molar-refractivity contribution in [2.45, 2.75) is 70.4 Å². The van der Waals surface area contributed by atoms with Gasteiger partial charge in [0, 0.05) is 17.8 Å². The van der Waals surface area contributed by atoms with E-state index >= 15 is 0 Å². The monoisotopic (exact) mass is 233 g/mol. The average Bonchev–Trinajstić information content (AvgIpc) is 2.84. The first-order valence-corrected chi connectivity index (χ1v) is 7.00. The van der Waals surface area contributed by atoms with Crippen molar-refractivity contribution in [3.8, 4) is 0 Å². The van der Waals surface area contributed by atoms with E-state index in [1.165, 1.54) is 44.9 Å². The van der Waals surface area contributed by atoms with Crippen LogP contribution in [-0.4, -0.2) is 15.1 Å². The summed E-state index contributed by atoms with van der Waals surface area (Å²) in [5, 5.41) is 3.67. The van der Waals surface area contributed by atoms with E-state index in [2.05, 4.69) is 34.9 Å². The van der Waals surface area contributed by atoms with Crippen LogP contribution < -0.4 is 5.32 Å². The number of rotatable bonds is 3. The minimum Gasteiger partial charge on any atom is -0.350 e. The van der Waals surface area contributed by atoms with Crippen LogP contribution >= 0.6 is 0 Å². The highest BCUT2D eigenvalue weighted by molar-refractivity contribution is 5.34. The number of nitrogens with one attached hydrogen (secondary N) is 1. The van der Waals surface area contributed by atoms with Gasteiger partial charge in [-0.05, 0) is 46.0 Å². The molecule has 1 aromatic heterocycles. The third-order valence-electron chi connectivity index (χ3n) is 4.44. The topological polar surface area (TPSA) is 29.9 Å².